The maximum Gasteiger partial charge on any atom is 0.435 e. The van der Waals surface area contributed by atoms with Gasteiger partial charge in [0.2, 0.25) is 11.1 Å². The second-order valence-corrected chi connectivity index (χ2v) is 3.59. The summed E-state index contributed by atoms with van der Waals surface area (Å²) in [7, 11) is 0. The molecule has 0 aliphatic rings. The predicted octanol–water partition coefficient (Wildman–Crippen LogP) is 2.24. The Kier molecular flexibility index (Phi) is 3.10. The number of nitro groups is 1. The van der Waals surface area contributed by atoms with Crippen LogP contribution < -0.4 is 0 Å². The van der Waals surface area contributed by atoms with Gasteiger partial charge < -0.3 is 0 Å². The van der Waals surface area contributed by atoms with Gasteiger partial charge in [-0.25, -0.2) is 9.67 Å². The first-order chi connectivity index (χ1) is 8.79. The summed E-state index contributed by atoms with van der Waals surface area (Å²) in [4.78, 5) is 16.8. The Balaban J connectivity index is 2.55. The highest BCUT2D eigenvalue weighted by molar-refractivity contribution is 6.28. The molecule has 0 saturated carbocycles. The van der Waals surface area contributed by atoms with Crippen LogP contribution in [-0.4, -0.2) is 24.7 Å². The van der Waals surface area contributed by atoms with Crippen molar-refractivity contribution in [1.82, 2.24) is 19.7 Å². The van der Waals surface area contributed by atoms with Crippen molar-refractivity contribution in [1.29, 1.82) is 0 Å². The van der Waals surface area contributed by atoms with Crippen LogP contribution in [0.2, 0.25) is 5.28 Å². The van der Waals surface area contributed by atoms with Crippen LogP contribution in [-0.2, 0) is 6.18 Å². The molecule has 0 amide bonds. The van der Waals surface area contributed by atoms with E-state index in [0.29, 0.717) is 10.7 Å². The molecule has 0 atom stereocenters. The third-order valence-corrected chi connectivity index (χ3v) is 2.20. The highest BCUT2D eigenvalue weighted by Crippen LogP contribution is 2.29. The molecule has 2 heterocycles. The van der Waals surface area contributed by atoms with Crippen LogP contribution in [0.5, 0.6) is 0 Å². The summed E-state index contributed by atoms with van der Waals surface area (Å²) in [6.07, 6.45) is -2.97. The average Bonchev–Trinajstić information content (AvgIpc) is 2.77. The van der Waals surface area contributed by atoms with E-state index >= 15 is 0 Å². The zero-order valence-electron chi connectivity index (χ0n) is 8.80. The topological polar surface area (TPSA) is 86.7 Å². The fourth-order valence-electron chi connectivity index (χ4n) is 1.24. The number of alkyl halides is 3. The average molecular weight is 294 g/mol. The summed E-state index contributed by atoms with van der Waals surface area (Å²) >= 11 is 5.46. The SMILES string of the molecule is O=[N+]([O-])c1cnc(Cl)nc1-n1ccc(C(F)(F)F)n1. The maximum absolute atomic E-state index is 12.4. The molecule has 0 radical (unpaired) electrons. The fraction of sp³-hybridized carbons (Fsp3) is 0.125. The van der Waals surface area contributed by atoms with Crippen LogP contribution in [0.3, 0.4) is 0 Å². The summed E-state index contributed by atoms with van der Waals surface area (Å²) in [6, 6.07) is 0.666. The van der Waals surface area contributed by atoms with Gasteiger partial charge in [0.15, 0.2) is 5.69 Å². The Morgan fingerprint density at radius 3 is 2.63 bits per heavy atom. The Morgan fingerprint density at radius 2 is 2.11 bits per heavy atom. The number of hydrogen-bond acceptors (Lipinski definition) is 5. The molecule has 19 heavy (non-hydrogen) atoms. The van der Waals surface area contributed by atoms with Crippen molar-refractivity contribution in [2.45, 2.75) is 6.18 Å². The molecule has 0 N–H and O–H groups in total. The monoisotopic (exact) mass is 293 g/mol. The molecule has 2 rings (SSSR count). The Bertz CT molecular complexity index is 642. The number of halogens is 4. The summed E-state index contributed by atoms with van der Waals surface area (Å²) in [6.45, 7) is 0. The molecule has 0 aliphatic carbocycles. The number of nitrogens with zero attached hydrogens (tertiary/aromatic N) is 5. The van der Waals surface area contributed by atoms with Crippen LogP contribution in [0.15, 0.2) is 18.5 Å². The molecule has 2 aromatic heterocycles. The van der Waals surface area contributed by atoms with E-state index in [9.17, 15) is 23.3 Å². The minimum atomic E-state index is -4.66. The normalized spacial score (nSPS) is 11.6. The van der Waals surface area contributed by atoms with Gasteiger partial charge >= 0.3 is 11.9 Å². The molecule has 0 aromatic carbocycles. The number of aromatic nitrogens is 4. The van der Waals surface area contributed by atoms with E-state index in [2.05, 4.69) is 15.1 Å². The van der Waals surface area contributed by atoms with Crippen LogP contribution in [0.4, 0.5) is 18.9 Å². The quantitative estimate of drug-likeness (QED) is 0.481. The van der Waals surface area contributed by atoms with E-state index in [1.54, 1.807) is 0 Å². The van der Waals surface area contributed by atoms with Gasteiger partial charge in [-0.2, -0.15) is 23.3 Å². The van der Waals surface area contributed by atoms with Gasteiger partial charge in [0.1, 0.15) is 6.20 Å². The molecule has 0 aliphatic heterocycles. The Labute approximate surface area is 107 Å². The van der Waals surface area contributed by atoms with E-state index in [0.717, 1.165) is 12.4 Å². The minimum Gasteiger partial charge on any atom is -0.258 e. The lowest BCUT2D eigenvalue weighted by Crippen LogP contribution is -2.09. The third-order valence-electron chi connectivity index (χ3n) is 2.01. The molecule has 100 valence electrons. The molecule has 7 nitrogen and oxygen atoms in total. The molecule has 0 saturated heterocycles. The van der Waals surface area contributed by atoms with E-state index in [1.807, 2.05) is 0 Å². The van der Waals surface area contributed by atoms with Gasteiger partial charge in [-0.3, -0.25) is 10.1 Å². The highest BCUT2D eigenvalue weighted by Gasteiger charge is 2.34. The minimum absolute atomic E-state index is 0.343. The fourth-order valence-corrected chi connectivity index (χ4v) is 1.36. The van der Waals surface area contributed by atoms with E-state index < -0.39 is 28.3 Å². The van der Waals surface area contributed by atoms with Gasteiger partial charge in [0.05, 0.1) is 4.92 Å². The molecule has 11 heteroatoms. The van der Waals surface area contributed by atoms with Gasteiger partial charge in [0.25, 0.3) is 0 Å². The van der Waals surface area contributed by atoms with Crippen molar-refractivity contribution in [3.63, 3.8) is 0 Å². The number of hydrogen-bond donors (Lipinski definition) is 0. The largest absolute Gasteiger partial charge is 0.435 e. The second kappa shape index (κ2) is 4.46. The van der Waals surface area contributed by atoms with Crippen molar-refractivity contribution in [2.75, 3.05) is 0 Å². The lowest BCUT2D eigenvalue weighted by Gasteiger charge is -2.03. The van der Waals surface area contributed by atoms with Crippen LogP contribution in [0.1, 0.15) is 5.69 Å². The van der Waals surface area contributed by atoms with Crippen LogP contribution in [0.25, 0.3) is 5.82 Å². The predicted molar refractivity (Wildman–Crippen MR) is 55.8 cm³/mol. The smallest absolute Gasteiger partial charge is 0.258 e. The van der Waals surface area contributed by atoms with Gasteiger partial charge in [-0.05, 0) is 17.7 Å². The van der Waals surface area contributed by atoms with E-state index in [1.165, 1.54) is 0 Å². The first kappa shape index (κ1) is 13.2. The van der Waals surface area contributed by atoms with Crippen molar-refractivity contribution < 1.29 is 18.1 Å². The lowest BCUT2D eigenvalue weighted by atomic mass is 10.4. The second-order valence-electron chi connectivity index (χ2n) is 3.25. The van der Waals surface area contributed by atoms with Crippen molar-refractivity contribution >= 4 is 17.3 Å². The molecule has 0 unspecified atom stereocenters. The van der Waals surface area contributed by atoms with Gasteiger partial charge in [0, 0.05) is 6.20 Å². The Morgan fingerprint density at radius 1 is 1.42 bits per heavy atom. The molecular formula is C8H3ClF3N5O2. The summed E-state index contributed by atoms with van der Waals surface area (Å²) in [5.41, 5.74) is -1.81. The zero-order valence-corrected chi connectivity index (χ0v) is 9.55. The van der Waals surface area contributed by atoms with Crippen molar-refractivity contribution in [2.24, 2.45) is 0 Å². The third kappa shape index (κ3) is 2.62. The first-order valence-electron chi connectivity index (χ1n) is 4.59. The molecule has 2 aromatic rings. The van der Waals surface area contributed by atoms with Crippen LogP contribution >= 0.6 is 11.6 Å². The van der Waals surface area contributed by atoms with Crippen LogP contribution in [0, 0.1) is 10.1 Å². The molecule has 0 bridgehead atoms. The zero-order chi connectivity index (χ0) is 14.2. The van der Waals surface area contributed by atoms with Gasteiger partial charge in [-0.1, -0.05) is 0 Å². The summed E-state index contributed by atoms with van der Waals surface area (Å²) < 4.78 is 37.8. The molecule has 0 spiro atoms. The first-order valence-corrected chi connectivity index (χ1v) is 4.97. The summed E-state index contributed by atoms with van der Waals surface area (Å²) in [5.74, 6) is -0.444. The molecular weight excluding hydrogens is 291 g/mol. The maximum atomic E-state index is 12.4. The van der Waals surface area contributed by atoms with E-state index in [-0.39, 0.29) is 5.28 Å². The van der Waals surface area contributed by atoms with E-state index in [4.69, 9.17) is 11.6 Å². The lowest BCUT2D eigenvalue weighted by molar-refractivity contribution is -0.385. The summed E-state index contributed by atoms with van der Waals surface area (Å²) in [5, 5.41) is 13.6. The standard InChI is InChI=1S/C8H3ClF3N5O2/c9-7-13-3-4(17(18)19)6(14-7)16-2-1-5(15-16)8(10,11)12/h1-3H. The van der Waals surface area contributed by atoms with Crippen molar-refractivity contribution in [3.8, 4) is 5.82 Å². The van der Waals surface area contributed by atoms with Crippen molar-refractivity contribution in [3.05, 3.63) is 39.6 Å². The Hall–Kier alpha value is -2.23. The molecule has 0 fully saturated rings. The highest BCUT2D eigenvalue weighted by atomic mass is 35.5. The van der Waals surface area contributed by atoms with Gasteiger partial charge in [-0.15, -0.1) is 0 Å². The number of rotatable bonds is 2.